The Hall–Kier alpha value is -1.00. The van der Waals surface area contributed by atoms with Crippen LogP contribution in [0.3, 0.4) is 0 Å². The Labute approximate surface area is 112 Å². The highest BCUT2D eigenvalue weighted by Crippen LogP contribution is 2.31. The van der Waals surface area contributed by atoms with Crippen molar-refractivity contribution in [1.82, 2.24) is 5.32 Å². The summed E-state index contributed by atoms with van der Waals surface area (Å²) in [5, 5.41) is 13.4. The van der Waals surface area contributed by atoms with Gasteiger partial charge in [-0.05, 0) is 16.4 Å². The number of carbonyl (C=O) groups excluding carboxylic acids is 1. The van der Waals surface area contributed by atoms with E-state index < -0.39 is 6.10 Å². The molecule has 0 aliphatic heterocycles. The lowest BCUT2D eigenvalue weighted by Gasteiger charge is -2.18. The van der Waals surface area contributed by atoms with Gasteiger partial charge in [0.25, 0.3) is 0 Å². The molecular formula is C14H19NO2S. The fourth-order valence-electron chi connectivity index (χ4n) is 2.21. The van der Waals surface area contributed by atoms with Crippen molar-refractivity contribution in [2.45, 2.75) is 37.7 Å². The van der Waals surface area contributed by atoms with E-state index in [1.54, 1.807) is 11.8 Å². The van der Waals surface area contributed by atoms with Crippen LogP contribution in [0.1, 0.15) is 31.0 Å². The molecule has 18 heavy (non-hydrogen) atoms. The summed E-state index contributed by atoms with van der Waals surface area (Å²) >= 11 is 1.61. The maximum atomic E-state index is 11.8. The summed E-state index contributed by atoms with van der Waals surface area (Å²) in [6.07, 6.45) is 0.119. The van der Waals surface area contributed by atoms with Crippen LogP contribution in [0.2, 0.25) is 0 Å². The molecule has 1 amide bonds. The van der Waals surface area contributed by atoms with Gasteiger partial charge in [-0.2, -0.15) is 0 Å². The maximum absolute atomic E-state index is 11.8. The number of aliphatic hydroxyl groups is 1. The van der Waals surface area contributed by atoms with Gasteiger partial charge in [-0.25, -0.2) is 0 Å². The lowest BCUT2D eigenvalue weighted by atomic mass is 10.1. The highest BCUT2D eigenvalue weighted by atomic mass is 32.2. The standard InChI is InChI=1S/C14H19NO2S/c1-9(2)18-8-13(17)15-14-11-6-4-3-5-10(11)7-12(14)16/h3-6,9,12,14,16H,7-8H2,1-2H3,(H,15,17). The normalized spacial score (nSPS) is 22.0. The third-order valence-electron chi connectivity index (χ3n) is 3.07. The van der Waals surface area contributed by atoms with Gasteiger partial charge >= 0.3 is 0 Å². The average molecular weight is 265 g/mol. The van der Waals surface area contributed by atoms with Crippen LogP contribution in [0.15, 0.2) is 24.3 Å². The largest absolute Gasteiger partial charge is 0.390 e. The van der Waals surface area contributed by atoms with E-state index in [-0.39, 0.29) is 11.9 Å². The first-order valence-corrected chi connectivity index (χ1v) is 7.29. The number of amides is 1. The smallest absolute Gasteiger partial charge is 0.230 e. The monoisotopic (exact) mass is 265 g/mol. The summed E-state index contributed by atoms with van der Waals surface area (Å²) in [6.45, 7) is 4.13. The van der Waals surface area contributed by atoms with Crippen molar-refractivity contribution in [3.63, 3.8) is 0 Å². The summed E-state index contributed by atoms with van der Waals surface area (Å²) in [5.41, 5.74) is 2.18. The highest BCUT2D eigenvalue weighted by Gasteiger charge is 2.31. The lowest BCUT2D eigenvalue weighted by molar-refractivity contribution is -0.120. The molecule has 2 rings (SSSR count). The van der Waals surface area contributed by atoms with Crippen molar-refractivity contribution < 1.29 is 9.90 Å². The number of thioether (sulfide) groups is 1. The number of rotatable bonds is 4. The molecule has 3 nitrogen and oxygen atoms in total. The number of nitrogens with one attached hydrogen (secondary N) is 1. The number of hydrogen-bond acceptors (Lipinski definition) is 3. The number of aliphatic hydroxyl groups excluding tert-OH is 1. The van der Waals surface area contributed by atoms with E-state index in [9.17, 15) is 9.90 Å². The highest BCUT2D eigenvalue weighted by molar-refractivity contribution is 8.00. The second kappa shape index (κ2) is 5.76. The van der Waals surface area contributed by atoms with Gasteiger partial charge in [-0.15, -0.1) is 11.8 Å². The van der Waals surface area contributed by atoms with Gasteiger partial charge in [0.15, 0.2) is 0 Å². The minimum atomic E-state index is -0.504. The molecule has 1 aliphatic rings. The summed E-state index contributed by atoms with van der Waals surface area (Å²) < 4.78 is 0. The van der Waals surface area contributed by atoms with E-state index in [1.807, 2.05) is 24.3 Å². The summed E-state index contributed by atoms with van der Waals surface area (Å²) in [5.74, 6) is 0.442. The van der Waals surface area contributed by atoms with Crippen LogP contribution in [0.5, 0.6) is 0 Å². The molecule has 0 fully saturated rings. The molecule has 4 heteroatoms. The van der Waals surface area contributed by atoms with Crippen molar-refractivity contribution in [2.24, 2.45) is 0 Å². The molecule has 0 saturated heterocycles. The Morgan fingerprint density at radius 2 is 2.22 bits per heavy atom. The van der Waals surface area contributed by atoms with Crippen LogP contribution in [-0.4, -0.2) is 28.1 Å². The molecule has 2 unspecified atom stereocenters. The minimum absolute atomic E-state index is 0.00514. The molecule has 0 aromatic heterocycles. The summed E-state index contributed by atoms with van der Waals surface area (Å²) in [7, 11) is 0. The second-order valence-corrected chi connectivity index (χ2v) is 6.44. The Morgan fingerprint density at radius 1 is 1.50 bits per heavy atom. The number of carbonyl (C=O) groups is 1. The van der Waals surface area contributed by atoms with Crippen molar-refractivity contribution in [3.8, 4) is 0 Å². The molecule has 0 spiro atoms. The van der Waals surface area contributed by atoms with E-state index in [1.165, 1.54) is 0 Å². The Bertz CT molecular complexity index is 434. The first kappa shape index (κ1) is 13.4. The van der Waals surface area contributed by atoms with Gasteiger partial charge in [0.05, 0.1) is 17.9 Å². The molecule has 1 aliphatic carbocycles. The molecule has 0 radical (unpaired) electrons. The Balaban J connectivity index is 1.99. The van der Waals surface area contributed by atoms with Gasteiger partial charge in [0, 0.05) is 6.42 Å². The molecule has 0 heterocycles. The van der Waals surface area contributed by atoms with Crippen LogP contribution in [0.4, 0.5) is 0 Å². The van der Waals surface area contributed by atoms with Crippen LogP contribution in [-0.2, 0) is 11.2 Å². The molecular weight excluding hydrogens is 246 g/mol. The minimum Gasteiger partial charge on any atom is -0.390 e. The first-order valence-electron chi connectivity index (χ1n) is 6.24. The zero-order valence-corrected chi connectivity index (χ0v) is 11.5. The molecule has 2 atom stereocenters. The molecule has 98 valence electrons. The van der Waals surface area contributed by atoms with Crippen LogP contribution >= 0.6 is 11.8 Å². The fourth-order valence-corrected chi connectivity index (χ4v) is 2.77. The van der Waals surface area contributed by atoms with E-state index in [0.29, 0.717) is 17.4 Å². The van der Waals surface area contributed by atoms with E-state index >= 15 is 0 Å². The molecule has 1 aromatic carbocycles. The maximum Gasteiger partial charge on any atom is 0.230 e. The van der Waals surface area contributed by atoms with Crippen LogP contribution in [0, 0.1) is 0 Å². The quantitative estimate of drug-likeness (QED) is 0.874. The van der Waals surface area contributed by atoms with Crippen LogP contribution in [0.25, 0.3) is 0 Å². The third kappa shape index (κ3) is 3.06. The Morgan fingerprint density at radius 3 is 2.94 bits per heavy atom. The van der Waals surface area contributed by atoms with Gasteiger partial charge in [-0.3, -0.25) is 4.79 Å². The second-order valence-electron chi connectivity index (χ2n) is 4.88. The number of benzene rings is 1. The lowest BCUT2D eigenvalue weighted by Crippen LogP contribution is -2.35. The van der Waals surface area contributed by atoms with Gasteiger partial charge in [0.1, 0.15) is 0 Å². The molecule has 1 aromatic rings. The van der Waals surface area contributed by atoms with Crippen molar-refractivity contribution in [3.05, 3.63) is 35.4 Å². The summed E-state index contributed by atoms with van der Waals surface area (Å²) in [4.78, 5) is 11.8. The number of hydrogen-bond donors (Lipinski definition) is 2. The molecule has 2 N–H and O–H groups in total. The third-order valence-corrected chi connectivity index (χ3v) is 4.16. The summed E-state index contributed by atoms with van der Waals surface area (Å²) in [6, 6.07) is 7.64. The topological polar surface area (TPSA) is 49.3 Å². The van der Waals surface area contributed by atoms with Gasteiger partial charge < -0.3 is 10.4 Å². The molecule has 0 bridgehead atoms. The van der Waals surface area contributed by atoms with Gasteiger partial charge in [0.2, 0.25) is 5.91 Å². The van der Waals surface area contributed by atoms with E-state index in [4.69, 9.17) is 0 Å². The van der Waals surface area contributed by atoms with Crippen LogP contribution < -0.4 is 5.32 Å². The Kier molecular flexibility index (Phi) is 4.30. The zero-order valence-electron chi connectivity index (χ0n) is 10.7. The number of fused-ring (bicyclic) bond motifs is 1. The van der Waals surface area contributed by atoms with Crippen molar-refractivity contribution in [2.75, 3.05) is 5.75 Å². The first-order chi connectivity index (χ1) is 8.58. The van der Waals surface area contributed by atoms with E-state index in [0.717, 1.165) is 11.1 Å². The zero-order chi connectivity index (χ0) is 13.1. The van der Waals surface area contributed by atoms with Crippen molar-refractivity contribution >= 4 is 17.7 Å². The predicted octanol–water partition coefficient (Wildman–Crippen LogP) is 1.90. The van der Waals surface area contributed by atoms with Crippen molar-refractivity contribution in [1.29, 1.82) is 0 Å². The fraction of sp³-hybridized carbons (Fsp3) is 0.500. The molecule has 0 saturated carbocycles. The average Bonchev–Trinajstić information content (AvgIpc) is 2.64. The SMILES string of the molecule is CC(C)SCC(=O)NC1c2ccccc2CC1O. The van der Waals surface area contributed by atoms with Gasteiger partial charge in [-0.1, -0.05) is 38.1 Å². The predicted molar refractivity (Wildman–Crippen MR) is 74.6 cm³/mol. The van der Waals surface area contributed by atoms with E-state index in [2.05, 4.69) is 19.2 Å².